The zero-order chi connectivity index (χ0) is 12.5. The van der Waals surface area contributed by atoms with E-state index < -0.39 is 0 Å². The highest BCUT2D eigenvalue weighted by Gasteiger charge is 2.05. The minimum Gasteiger partial charge on any atom is -0.351 e. The van der Waals surface area contributed by atoms with Crippen molar-refractivity contribution >= 4 is 33.6 Å². The van der Waals surface area contributed by atoms with E-state index in [0.29, 0.717) is 10.3 Å². The Morgan fingerprint density at radius 1 is 1.41 bits per heavy atom. The molecule has 5 heteroatoms. The van der Waals surface area contributed by atoms with Gasteiger partial charge in [-0.1, -0.05) is 12.5 Å². The number of carbonyl (C=O) groups excluding carboxylic acids is 1. The number of pyridine rings is 1. The molecule has 17 heavy (non-hydrogen) atoms. The number of carbonyl (C=O) groups is 1. The van der Waals surface area contributed by atoms with Crippen molar-refractivity contribution in [2.75, 3.05) is 18.6 Å². The number of halogens is 1. The molecule has 0 spiro atoms. The average Bonchev–Trinajstić information content (AvgIpc) is 2.33. The number of nitrogens with zero attached hydrogens (tertiary/aromatic N) is 1. The SMILES string of the molecule is CSCCCCCNC(=O)c1cccc(Br)n1. The van der Waals surface area contributed by atoms with Crippen molar-refractivity contribution in [3.8, 4) is 0 Å². The Morgan fingerprint density at radius 2 is 2.24 bits per heavy atom. The Kier molecular flexibility index (Phi) is 7.28. The van der Waals surface area contributed by atoms with Gasteiger partial charge >= 0.3 is 0 Å². The van der Waals surface area contributed by atoms with E-state index >= 15 is 0 Å². The first-order chi connectivity index (χ1) is 8.24. The van der Waals surface area contributed by atoms with E-state index in [-0.39, 0.29) is 5.91 Å². The summed E-state index contributed by atoms with van der Waals surface area (Å²) >= 11 is 5.11. The van der Waals surface area contributed by atoms with E-state index in [1.807, 2.05) is 17.8 Å². The molecule has 0 atom stereocenters. The lowest BCUT2D eigenvalue weighted by Crippen LogP contribution is -2.25. The van der Waals surface area contributed by atoms with Gasteiger partial charge in [0.25, 0.3) is 5.91 Å². The standard InChI is InChI=1S/C12H17BrN2OS/c1-17-9-4-2-3-8-14-12(16)10-6-5-7-11(13)15-10/h5-7H,2-4,8-9H2,1H3,(H,14,16). The molecule has 94 valence electrons. The van der Waals surface area contributed by atoms with Gasteiger partial charge in [0.05, 0.1) is 0 Å². The van der Waals surface area contributed by atoms with E-state index in [9.17, 15) is 4.79 Å². The zero-order valence-electron chi connectivity index (χ0n) is 9.91. The van der Waals surface area contributed by atoms with Gasteiger partial charge in [0.2, 0.25) is 0 Å². The maximum atomic E-state index is 11.7. The minimum absolute atomic E-state index is 0.101. The first-order valence-corrected chi connectivity index (χ1v) is 7.82. The maximum Gasteiger partial charge on any atom is 0.269 e. The molecule has 1 N–H and O–H groups in total. The fourth-order valence-electron chi connectivity index (χ4n) is 1.38. The van der Waals surface area contributed by atoms with Gasteiger partial charge in [-0.25, -0.2) is 4.98 Å². The number of rotatable bonds is 7. The number of hydrogen-bond donors (Lipinski definition) is 1. The second-order valence-electron chi connectivity index (χ2n) is 3.65. The maximum absolute atomic E-state index is 11.7. The van der Waals surface area contributed by atoms with Crippen LogP contribution < -0.4 is 5.32 Å². The molecule has 0 unspecified atom stereocenters. The normalized spacial score (nSPS) is 10.2. The van der Waals surface area contributed by atoms with Crippen LogP contribution in [-0.4, -0.2) is 29.4 Å². The smallest absolute Gasteiger partial charge is 0.269 e. The number of nitrogens with one attached hydrogen (secondary N) is 1. The molecule has 0 aliphatic carbocycles. The van der Waals surface area contributed by atoms with Gasteiger partial charge in [-0.05, 0) is 52.9 Å². The summed E-state index contributed by atoms with van der Waals surface area (Å²) in [6.07, 6.45) is 5.51. The minimum atomic E-state index is -0.101. The van der Waals surface area contributed by atoms with Crippen molar-refractivity contribution in [1.82, 2.24) is 10.3 Å². The van der Waals surface area contributed by atoms with Gasteiger partial charge in [0.15, 0.2) is 0 Å². The van der Waals surface area contributed by atoms with Crippen molar-refractivity contribution in [3.05, 3.63) is 28.5 Å². The monoisotopic (exact) mass is 316 g/mol. The molecule has 3 nitrogen and oxygen atoms in total. The molecule has 1 aromatic rings. The molecule has 0 aliphatic rings. The molecule has 0 aromatic carbocycles. The summed E-state index contributed by atoms with van der Waals surface area (Å²) < 4.78 is 0.685. The Balaban J connectivity index is 2.21. The third-order valence-electron chi connectivity index (χ3n) is 2.26. The predicted molar refractivity (Wildman–Crippen MR) is 76.5 cm³/mol. The highest BCUT2D eigenvalue weighted by molar-refractivity contribution is 9.10. The average molecular weight is 317 g/mol. The molecule has 0 fully saturated rings. The van der Waals surface area contributed by atoms with Crippen molar-refractivity contribution in [1.29, 1.82) is 0 Å². The number of aromatic nitrogens is 1. The number of amides is 1. The lowest BCUT2D eigenvalue weighted by atomic mass is 10.2. The molecule has 0 saturated heterocycles. The van der Waals surface area contributed by atoms with Crippen molar-refractivity contribution in [3.63, 3.8) is 0 Å². The molecule has 1 heterocycles. The van der Waals surface area contributed by atoms with E-state index in [0.717, 1.165) is 19.4 Å². The summed E-state index contributed by atoms with van der Waals surface area (Å²) in [5, 5.41) is 2.87. The van der Waals surface area contributed by atoms with Crippen LogP contribution in [-0.2, 0) is 0 Å². The van der Waals surface area contributed by atoms with Crippen LogP contribution in [0.1, 0.15) is 29.8 Å². The fraction of sp³-hybridized carbons (Fsp3) is 0.500. The fourth-order valence-corrected chi connectivity index (χ4v) is 2.21. The summed E-state index contributed by atoms with van der Waals surface area (Å²) in [6.45, 7) is 0.724. The first kappa shape index (κ1) is 14.5. The first-order valence-electron chi connectivity index (χ1n) is 5.63. The van der Waals surface area contributed by atoms with Crippen LogP contribution in [0.5, 0.6) is 0 Å². The van der Waals surface area contributed by atoms with E-state index in [4.69, 9.17) is 0 Å². The largest absolute Gasteiger partial charge is 0.351 e. The van der Waals surface area contributed by atoms with Crippen molar-refractivity contribution < 1.29 is 4.79 Å². The van der Waals surface area contributed by atoms with Crippen LogP contribution in [0.3, 0.4) is 0 Å². The number of unbranched alkanes of at least 4 members (excludes halogenated alkanes) is 2. The second-order valence-corrected chi connectivity index (χ2v) is 5.45. The van der Waals surface area contributed by atoms with Gasteiger partial charge in [-0.15, -0.1) is 0 Å². The molecule has 0 radical (unpaired) electrons. The number of thioether (sulfide) groups is 1. The highest BCUT2D eigenvalue weighted by atomic mass is 79.9. The summed E-state index contributed by atoms with van der Waals surface area (Å²) in [7, 11) is 0. The second kappa shape index (κ2) is 8.53. The Labute approximate surface area is 115 Å². The van der Waals surface area contributed by atoms with Gasteiger partial charge in [0, 0.05) is 6.54 Å². The van der Waals surface area contributed by atoms with E-state index in [2.05, 4.69) is 32.5 Å². The summed E-state index contributed by atoms with van der Waals surface area (Å²) in [5.74, 6) is 1.09. The predicted octanol–water partition coefficient (Wildman–Crippen LogP) is 3.11. The molecule has 1 rings (SSSR count). The van der Waals surface area contributed by atoms with Crippen LogP contribution in [0, 0.1) is 0 Å². The summed E-state index contributed by atoms with van der Waals surface area (Å²) in [4.78, 5) is 15.8. The molecular weight excluding hydrogens is 300 g/mol. The van der Waals surface area contributed by atoms with Crippen LogP contribution in [0.4, 0.5) is 0 Å². The Hall–Kier alpha value is -0.550. The molecule has 1 amide bonds. The molecule has 0 saturated carbocycles. The Bertz CT molecular complexity index is 360. The molecule has 1 aromatic heterocycles. The van der Waals surface area contributed by atoms with E-state index in [1.165, 1.54) is 12.2 Å². The van der Waals surface area contributed by atoms with Crippen molar-refractivity contribution in [2.45, 2.75) is 19.3 Å². The van der Waals surface area contributed by atoms with E-state index in [1.54, 1.807) is 12.1 Å². The summed E-state index contributed by atoms with van der Waals surface area (Å²) in [5.41, 5.74) is 0.462. The van der Waals surface area contributed by atoms with Gasteiger partial charge in [-0.3, -0.25) is 4.79 Å². The van der Waals surface area contributed by atoms with Gasteiger partial charge in [0.1, 0.15) is 10.3 Å². The molecule has 0 aliphatic heterocycles. The van der Waals surface area contributed by atoms with Gasteiger partial charge in [-0.2, -0.15) is 11.8 Å². The lowest BCUT2D eigenvalue weighted by Gasteiger charge is -2.04. The molecule has 0 bridgehead atoms. The van der Waals surface area contributed by atoms with Crippen LogP contribution in [0.15, 0.2) is 22.8 Å². The summed E-state index contributed by atoms with van der Waals surface area (Å²) in [6, 6.07) is 5.33. The quantitative estimate of drug-likeness (QED) is 0.621. The van der Waals surface area contributed by atoms with Gasteiger partial charge < -0.3 is 5.32 Å². The van der Waals surface area contributed by atoms with Crippen LogP contribution in [0.2, 0.25) is 0 Å². The third kappa shape index (κ3) is 6.07. The lowest BCUT2D eigenvalue weighted by molar-refractivity contribution is 0.0948. The Morgan fingerprint density at radius 3 is 2.94 bits per heavy atom. The topological polar surface area (TPSA) is 42.0 Å². The zero-order valence-corrected chi connectivity index (χ0v) is 12.3. The van der Waals surface area contributed by atoms with Crippen LogP contribution >= 0.6 is 27.7 Å². The molecular formula is C12H17BrN2OS. The van der Waals surface area contributed by atoms with Crippen LogP contribution in [0.25, 0.3) is 0 Å². The third-order valence-corrected chi connectivity index (χ3v) is 3.40. The van der Waals surface area contributed by atoms with Crippen molar-refractivity contribution in [2.24, 2.45) is 0 Å². The number of hydrogen-bond acceptors (Lipinski definition) is 3. The highest BCUT2D eigenvalue weighted by Crippen LogP contribution is 2.06.